The summed E-state index contributed by atoms with van der Waals surface area (Å²) in [5.74, 6) is 0. The van der Waals surface area contributed by atoms with Crippen LogP contribution in [-0.4, -0.2) is 8.07 Å². The van der Waals surface area contributed by atoms with Crippen LogP contribution in [0.3, 0.4) is 0 Å². The van der Waals surface area contributed by atoms with E-state index in [1.54, 1.807) is 0 Å². The van der Waals surface area contributed by atoms with Gasteiger partial charge in [0, 0.05) is 5.54 Å². The molecule has 16 heavy (non-hydrogen) atoms. The molecule has 2 rings (SSSR count). The van der Waals surface area contributed by atoms with Crippen LogP contribution in [0, 0.1) is 12.0 Å². The van der Waals surface area contributed by atoms with Gasteiger partial charge in [0.2, 0.25) is 8.07 Å². The first-order chi connectivity index (χ1) is 7.83. The van der Waals surface area contributed by atoms with Gasteiger partial charge >= 0.3 is 0 Å². The molecule has 0 heterocycles. The Labute approximate surface area is 98.0 Å². The predicted octanol–water partition coefficient (Wildman–Crippen LogP) is 2.74. The summed E-state index contributed by atoms with van der Waals surface area (Å²) in [6, 6.07) is 10.3. The molecule has 0 radical (unpaired) electrons. The molecule has 0 aromatic heterocycles. The highest BCUT2D eigenvalue weighted by Crippen LogP contribution is 2.28. The smallest absolute Gasteiger partial charge is 0.126 e. The first-order valence-electron chi connectivity index (χ1n) is 5.35. The van der Waals surface area contributed by atoms with Crippen LogP contribution in [0.4, 0.5) is 0 Å². The third-order valence-corrected chi connectivity index (χ3v) is 6.93. The molecule has 78 valence electrons. The van der Waals surface area contributed by atoms with E-state index in [-0.39, 0.29) is 0 Å². The van der Waals surface area contributed by atoms with Gasteiger partial charge in [-0.25, -0.2) is 0 Å². The summed E-state index contributed by atoms with van der Waals surface area (Å²) < 4.78 is 0. The topological polar surface area (TPSA) is 0 Å². The highest BCUT2D eigenvalue weighted by Gasteiger charge is 2.37. The van der Waals surface area contributed by atoms with E-state index < -0.39 is 8.07 Å². The fourth-order valence-electron chi connectivity index (χ4n) is 2.13. The first-order valence-corrected chi connectivity index (χ1v) is 7.51. The van der Waals surface area contributed by atoms with Crippen LogP contribution in [0.25, 0.3) is 0 Å². The average Bonchev–Trinajstić information content (AvgIpc) is 2.87. The number of hydrogen-bond donors (Lipinski definition) is 0. The normalized spacial score (nSPS) is 17.9. The lowest BCUT2D eigenvalue weighted by atomic mass is 10.4. The fraction of sp³-hybridized carbons (Fsp3) is 0.0667. The third kappa shape index (κ3) is 1.58. The van der Waals surface area contributed by atoms with Crippen molar-refractivity contribution in [2.24, 2.45) is 0 Å². The second kappa shape index (κ2) is 4.38. The maximum Gasteiger partial charge on any atom is 0.201 e. The minimum Gasteiger partial charge on any atom is -0.126 e. The van der Waals surface area contributed by atoms with Gasteiger partial charge in [-0.05, 0) is 5.19 Å². The Hall–Kier alpha value is -1.78. The van der Waals surface area contributed by atoms with Gasteiger partial charge in [0.05, 0.1) is 0 Å². The van der Waals surface area contributed by atoms with Gasteiger partial charge in [-0.3, -0.25) is 0 Å². The van der Waals surface area contributed by atoms with Crippen molar-refractivity contribution < 1.29 is 0 Å². The lowest BCUT2D eigenvalue weighted by Gasteiger charge is -2.26. The molecule has 1 aliphatic rings. The molecule has 0 N–H and O–H groups in total. The van der Waals surface area contributed by atoms with E-state index in [1.165, 1.54) is 5.19 Å². The van der Waals surface area contributed by atoms with Gasteiger partial charge in [-0.15, -0.1) is 18.5 Å². The van der Waals surface area contributed by atoms with Crippen molar-refractivity contribution in [2.45, 2.75) is 5.54 Å². The molecule has 0 saturated heterocycles. The third-order valence-electron chi connectivity index (χ3n) is 3.09. The Morgan fingerprint density at radius 3 is 2.31 bits per heavy atom. The lowest BCUT2D eigenvalue weighted by Crippen LogP contribution is -2.48. The van der Waals surface area contributed by atoms with Crippen molar-refractivity contribution in [3.05, 3.63) is 66.9 Å². The molecule has 1 aromatic rings. The molecular formula is C15H14Si. The number of allylic oxidation sites excluding steroid dienone is 4. The van der Waals surface area contributed by atoms with Gasteiger partial charge in [-0.1, -0.05) is 60.3 Å². The quantitative estimate of drug-likeness (QED) is 0.545. The van der Waals surface area contributed by atoms with E-state index in [0.29, 0.717) is 5.54 Å². The van der Waals surface area contributed by atoms with Gasteiger partial charge in [0.15, 0.2) is 0 Å². The van der Waals surface area contributed by atoms with Crippen LogP contribution in [0.15, 0.2) is 66.9 Å². The van der Waals surface area contributed by atoms with Crippen LogP contribution in [0.1, 0.15) is 0 Å². The minimum atomic E-state index is -2.07. The molecule has 1 unspecified atom stereocenters. The molecule has 0 nitrogen and oxygen atoms in total. The van der Waals surface area contributed by atoms with Crippen molar-refractivity contribution in [3.63, 3.8) is 0 Å². The Morgan fingerprint density at radius 2 is 1.81 bits per heavy atom. The summed E-state index contributed by atoms with van der Waals surface area (Å²) >= 11 is 0. The summed E-state index contributed by atoms with van der Waals surface area (Å²) in [7, 11) is -2.07. The van der Waals surface area contributed by atoms with E-state index in [0.717, 1.165) is 0 Å². The molecule has 0 saturated carbocycles. The van der Waals surface area contributed by atoms with E-state index >= 15 is 0 Å². The molecule has 0 spiro atoms. The summed E-state index contributed by atoms with van der Waals surface area (Å²) in [6.07, 6.45) is 14.3. The van der Waals surface area contributed by atoms with E-state index in [1.807, 2.05) is 23.9 Å². The second-order valence-electron chi connectivity index (χ2n) is 3.88. The molecule has 1 heteroatoms. The summed E-state index contributed by atoms with van der Waals surface area (Å²) in [6.45, 7) is 3.98. The van der Waals surface area contributed by atoms with Crippen molar-refractivity contribution >= 4 is 13.3 Å². The number of terminal acetylenes is 1. The van der Waals surface area contributed by atoms with Crippen molar-refractivity contribution in [2.75, 3.05) is 0 Å². The van der Waals surface area contributed by atoms with Gasteiger partial charge in [0.1, 0.15) is 0 Å². The van der Waals surface area contributed by atoms with Gasteiger partial charge < -0.3 is 0 Å². The molecule has 0 aliphatic heterocycles. The fourth-order valence-corrected chi connectivity index (χ4v) is 5.08. The molecule has 0 bridgehead atoms. The Bertz CT molecular complexity index is 464. The number of hydrogen-bond acceptors (Lipinski definition) is 0. The predicted molar refractivity (Wildman–Crippen MR) is 72.9 cm³/mol. The molecule has 1 aromatic carbocycles. The maximum absolute atomic E-state index is 5.80. The van der Waals surface area contributed by atoms with Gasteiger partial charge in [0.25, 0.3) is 0 Å². The molecule has 0 amide bonds. The summed E-state index contributed by atoms with van der Waals surface area (Å²) in [4.78, 5) is 0. The van der Waals surface area contributed by atoms with Crippen molar-refractivity contribution in [3.8, 4) is 12.0 Å². The van der Waals surface area contributed by atoms with Crippen molar-refractivity contribution in [1.29, 1.82) is 0 Å². The summed E-state index contributed by atoms with van der Waals surface area (Å²) in [5.41, 5.74) is 5.39. The highest BCUT2D eigenvalue weighted by molar-refractivity contribution is 7.03. The largest absolute Gasteiger partial charge is 0.201 e. The van der Waals surface area contributed by atoms with E-state index in [2.05, 4.69) is 48.6 Å². The van der Waals surface area contributed by atoms with E-state index in [9.17, 15) is 0 Å². The maximum atomic E-state index is 5.80. The monoisotopic (exact) mass is 222 g/mol. The number of rotatable bonds is 3. The number of benzene rings is 1. The average molecular weight is 222 g/mol. The Kier molecular flexibility index (Phi) is 2.94. The van der Waals surface area contributed by atoms with Crippen LogP contribution in [0.2, 0.25) is 5.54 Å². The second-order valence-corrected chi connectivity index (χ2v) is 7.56. The molecule has 1 atom stereocenters. The summed E-state index contributed by atoms with van der Waals surface area (Å²) in [5, 5.41) is 1.26. The zero-order chi connectivity index (χ0) is 11.4. The van der Waals surface area contributed by atoms with Crippen LogP contribution in [-0.2, 0) is 0 Å². The van der Waals surface area contributed by atoms with Crippen LogP contribution >= 0.6 is 0 Å². The standard InChI is InChI=1S/C15H14Si/c1-3-16(4-2,15-12-8-9-13-15)14-10-6-5-7-11-14/h1,4-13,15H,2H2. The molecule has 1 aliphatic carbocycles. The Balaban J connectivity index is 2.52. The molecular weight excluding hydrogens is 208 g/mol. The molecule has 0 fully saturated rings. The van der Waals surface area contributed by atoms with E-state index in [4.69, 9.17) is 6.42 Å². The zero-order valence-electron chi connectivity index (χ0n) is 9.14. The van der Waals surface area contributed by atoms with Crippen molar-refractivity contribution in [1.82, 2.24) is 0 Å². The van der Waals surface area contributed by atoms with Crippen LogP contribution in [0.5, 0.6) is 0 Å². The minimum absolute atomic E-state index is 0.345. The van der Waals surface area contributed by atoms with Gasteiger partial charge in [-0.2, -0.15) is 0 Å². The SMILES string of the molecule is C#C[Si](C=C)(c1ccccc1)C1C=CC=C1. The van der Waals surface area contributed by atoms with Crippen LogP contribution < -0.4 is 5.19 Å². The Morgan fingerprint density at radius 1 is 1.19 bits per heavy atom. The zero-order valence-corrected chi connectivity index (χ0v) is 10.1. The highest BCUT2D eigenvalue weighted by atomic mass is 28.3. The lowest BCUT2D eigenvalue weighted by molar-refractivity contribution is 1.35. The first kappa shape index (κ1) is 10.7.